The summed E-state index contributed by atoms with van der Waals surface area (Å²) in [4.78, 5) is 23.5. The number of hydrogen-bond acceptors (Lipinski definition) is 5. The van der Waals surface area contributed by atoms with Crippen LogP contribution in [0.1, 0.15) is 23.7 Å². The summed E-state index contributed by atoms with van der Waals surface area (Å²) in [6, 6.07) is 0. The highest BCUT2D eigenvalue weighted by atomic mass is 16.5. The Bertz CT molecular complexity index is 473. The molecule has 0 fully saturated rings. The standard InChI is InChI=1S/C13H22N4O4/c1-4-21-7-5-6-14-11(18)8-15-12(19)10-9-17(2)16-13(10)20-3/h9H,4-8H2,1-3H3,(H,14,18)(H,15,19). The average Bonchev–Trinajstić information content (AvgIpc) is 2.85. The van der Waals surface area contributed by atoms with Crippen LogP contribution in [0.2, 0.25) is 0 Å². The summed E-state index contributed by atoms with van der Waals surface area (Å²) in [5.41, 5.74) is 0.296. The molecule has 2 N–H and O–H groups in total. The van der Waals surface area contributed by atoms with Gasteiger partial charge in [0.25, 0.3) is 5.91 Å². The Morgan fingerprint density at radius 2 is 2.14 bits per heavy atom. The van der Waals surface area contributed by atoms with E-state index in [9.17, 15) is 9.59 Å². The van der Waals surface area contributed by atoms with Crippen LogP contribution in [0.25, 0.3) is 0 Å². The number of carbonyl (C=O) groups is 2. The lowest BCUT2D eigenvalue weighted by Gasteiger charge is -2.06. The summed E-state index contributed by atoms with van der Waals surface area (Å²) in [5, 5.41) is 9.19. The van der Waals surface area contributed by atoms with Gasteiger partial charge < -0.3 is 20.1 Å². The molecule has 8 heteroatoms. The normalized spacial score (nSPS) is 10.2. The van der Waals surface area contributed by atoms with Crippen molar-refractivity contribution in [3.8, 4) is 5.88 Å². The Labute approximate surface area is 123 Å². The molecular weight excluding hydrogens is 276 g/mol. The van der Waals surface area contributed by atoms with Crippen LogP contribution < -0.4 is 15.4 Å². The van der Waals surface area contributed by atoms with Gasteiger partial charge in [-0.25, -0.2) is 0 Å². The molecule has 0 aliphatic heterocycles. The van der Waals surface area contributed by atoms with Crippen molar-refractivity contribution >= 4 is 11.8 Å². The molecule has 0 unspecified atom stereocenters. The molecule has 0 aliphatic rings. The Morgan fingerprint density at radius 3 is 2.81 bits per heavy atom. The van der Waals surface area contributed by atoms with E-state index in [0.29, 0.717) is 25.3 Å². The number of nitrogens with zero attached hydrogens (tertiary/aromatic N) is 2. The Morgan fingerprint density at radius 1 is 1.38 bits per heavy atom. The molecular formula is C13H22N4O4. The first-order chi connectivity index (χ1) is 10.1. The van der Waals surface area contributed by atoms with E-state index in [-0.39, 0.29) is 18.3 Å². The second-order valence-electron chi connectivity index (χ2n) is 4.31. The van der Waals surface area contributed by atoms with Crippen LogP contribution >= 0.6 is 0 Å². The van der Waals surface area contributed by atoms with E-state index in [2.05, 4.69) is 15.7 Å². The topological polar surface area (TPSA) is 94.5 Å². The SMILES string of the molecule is CCOCCCNC(=O)CNC(=O)c1cn(C)nc1OC. The van der Waals surface area contributed by atoms with Gasteiger partial charge in [-0.05, 0) is 13.3 Å². The van der Waals surface area contributed by atoms with Crippen molar-refractivity contribution in [3.63, 3.8) is 0 Å². The van der Waals surface area contributed by atoms with Crippen LogP contribution in [0, 0.1) is 0 Å². The summed E-state index contributed by atoms with van der Waals surface area (Å²) >= 11 is 0. The van der Waals surface area contributed by atoms with Gasteiger partial charge in [0.2, 0.25) is 11.8 Å². The zero-order valence-electron chi connectivity index (χ0n) is 12.6. The summed E-state index contributed by atoms with van der Waals surface area (Å²) in [5.74, 6) is -0.417. The van der Waals surface area contributed by atoms with Crippen LogP contribution in [-0.2, 0) is 16.6 Å². The molecule has 1 heterocycles. The van der Waals surface area contributed by atoms with Crippen molar-refractivity contribution in [3.05, 3.63) is 11.8 Å². The number of ether oxygens (including phenoxy) is 2. The molecule has 0 saturated carbocycles. The average molecular weight is 298 g/mol. The van der Waals surface area contributed by atoms with Crippen LogP contribution in [0.5, 0.6) is 5.88 Å². The quantitative estimate of drug-likeness (QED) is 0.611. The van der Waals surface area contributed by atoms with Crippen LogP contribution in [-0.4, -0.2) is 55.0 Å². The molecule has 2 amide bonds. The van der Waals surface area contributed by atoms with Crippen LogP contribution in [0.4, 0.5) is 0 Å². The van der Waals surface area contributed by atoms with Crippen molar-refractivity contribution < 1.29 is 19.1 Å². The van der Waals surface area contributed by atoms with Gasteiger partial charge in [-0.3, -0.25) is 14.3 Å². The number of rotatable bonds is 9. The molecule has 1 rings (SSSR count). The first-order valence-electron chi connectivity index (χ1n) is 6.78. The molecule has 0 saturated heterocycles. The molecule has 1 aromatic heterocycles. The maximum Gasteiger partial charge on any atom is 0.258 e. The minimum Gasteiger partial charge on any atom is -0.479 e. The van der Waals surface area contributed by atoms with Crippen LogP contribution in [0.15, 0.2) is 6.20 Å². The molecule has 0 spiro atoms. The zero-order chi connectivity index (χ0) is 15.7. The molecule has 0 radical (unpaired) electrons. The zero-order valence-corrected chi connectivity index (χ0v) is 12.6. The molecule has 8 nitrogen and oxygen atoms in total. The van der Waals surface area contributed by atoms with Crippen molar-refractivity contribution in [2.75, 3.05) is 33.4 Å². The number of nitrogens with one attached hydrogen (secondary N) is 2. The predicted molar refractivity (Wildman–Crippen MR) is 76.2 cm³/mol. The number of methoxy groups -OCH3 is 1. The van der Waals surface area contributed by atoms with E-state index in [1.165, 1.54) is 18.0 Å². The maximum atomic E-state index is 11.9. The highest BCUT2D eigenvalue weighted by Crippen LogP contribution is 2.13. The van der Waals surface area contributed by atoms with Gasteiger partial charge in [-0.1, -0.05) is 0 Å². The number of aryl methyl sites for hydroxylation is 1. The molecule has 0 bridgehead atoms. The Hall–Kier alpha value is -2.09. The van der Waals surface area contributed by atoms with Gasteiger partial charge >= 0.3 is 0 Å². The molecule has 21 heavy (non-hydrogen) atoms. The number of aromatic nitrogens is 2. The highest BCUT2D eigenvalue weighted by Gasteiger charge is 2.16. The number of amides is 2. The predicted octanol–water partition coefficient (Wildman–Crippen LogP) is -0.299. The van der Waals surface area contributed by atoms with Gasteiger partial charge in [-0.15, -0.1) is 5.10 Å². The summed E-state index contributed by atoms with van der Waals surface area (Å²) in [6.45, 7) is 3.62. The highest BCUT2D eigenvalue weighted by molar-refractivity contribution is 5.98. The van der Waals surface area contributed by atoms with E-state index >= 15 is 0 Å². The third-order valence-corrected chi connectivity index (χ3v) is 2.63. The summed E-state index contributed by atoms with van der Waals surface area (Å²) in [7, 11) is 3.12. The van der Waals surface area contributed by atoms with Crippen molar-refractivity contribution in [2.45, 2.75) is 13.3 Å². The minimum absolute atomic E-state index is 0.0917. The number of hydrogen-bond donors (Lipinski definition) is 2. The molecule has 0 atom stereocenters. The van der Waals surface area contributed by atoms with E-state index in [1.807, 2.05) is 6.92 Å². The second kappa shape index (κ2) is 8.96. The van der Waals surface area contributed by atoms with E-state index < -0.39 is 5.91 Å². The summed E-state index contributed by atoms with van der Waals surface area (Å²) in [6.07, 6.45) is 2.28. The molecule has 1 aromatic rings. The molecule has 0 aromatic carbocycles. The lowest BCUT2D eigenvalue weighted by molar-refractivity contribution is -0.120. The second-order valence-corrected chi connectivity index (χ2v) is 4.31. The fourth-order valence-electron chi connectivity index (χ4n) is 1.64. The first-order valence-corrected chi connectivity index (χ1v) is 6.78. The largest absolute Gasteiger partial charge is 0.479 e. The van der Waals surface area contributed by atoms with E-state index in [1.54, 1.807) is 7.05 Å². The van der Waals surface area contributed by atoms with Gasteiger partial charge in [0.1, 0.15) is 5.56 Å². The van der Waals surface area contributed by atoms with Gasteiger partial charge in [0.15, 0.2) is 0 Å². The monoisotopic (exact) mass is 298 g/mol. The number of carbonyl (C=O) groups excluding carboxylic acids is 2. The van der Waals surface area contributed by atoms with Crippen molar-refractivity contribution in [1.29, 1.82) is 0 Å². The van der Waals surface area contributed by atoms with Crippen molar-refractivity contribution in [2.24, 2.45) is 7.05 Å². The maximum absolute atomic E-state index is 11.9. The fourth-order valence-corrected chi connectivity index (χ4v) is 1.64. The third-order valence-electron chi connectivity index (χ3n) is 2.63. The minimum atomic E-state index is -0.399. The Balaban J connectivity index is 2.30. The lowest BCUT2D eigenvalue weighted by Crippen LogP contribution is -2.37. The fraction of sp³-hybridized carbons (Fsp3) is 0.615. The Kier molecular flexibility index (Phi) is 7.24. The van der Waals surface area contributed by atoms with E-state index in [0.717, 1.165) is 6.42 Å². The first kappa shape index (κ1) is 17.0. The van der Waals surface area contributed by atoms with Gasteiger partial charge in [0, 0.05) is 33.0 Å². The van der Waals surface area contributed by atoms with E-state index in [4.69, 9.17) is 9.47 Å². The summed E-state index contributed by atoms with van der Waals surface area (Å²) < 4.78 is 11.6. The van der Waals surface area contributed by atoms with Gasteiger partial charge in [-0.2, -0.15) is 0 Å². The van der Waals surface area contributed by atoms with Gasteiger partial charge in [0.05, 0.1) is 13.7 Å². The smallest absolute Gasteiger partial charge is 0.258 e. The third kappa shape index (κ3) is 5.82. The molecule has 0 aliphatic carbocycles. The van der Waals surface area contributed by atoms with Crippen LogP contribution in [0.3, 0.4) is 0 Å². The lowest BCUT2D eigenvalue weighted by atomic mass is 10.3. The molecule has 118 valence electrons. The van der Waals surface area contributed by atoms with Crippen molar-refractivity contribution in [1.82, 2.24) is 20.4 Å².